The van der Waals surface area contributed by atoms with Gasteiger partial charge in [0, 0.05) is 22.7 Å². The molecule has 0 fully saturated rings. The Morgan fingerprint density at radius 1 is 1.34 bits per heavy atom. The van der Waals surface area contributed by atoms with Gasteiger partial charge in [-0.1, -0.05) is 27.6 Å². The van der Waals surface area contributed by atoms with Crippen LogP contribution in [0.3, 0.4) is 0 Å². The van der Waals surface area contributed by atoms with E-state index in [9.17, 15) is 9.90 Å². The Morgan fingerprint density at radius 2 is 2.07 bits per heavy atom. The van der Waals surface area contributed by atoms with E-state index in [4.69, 9.17) is 9.47 Å². The molecule has 1 heterocycles. The Labute approximate surface area is 182 Å². The second kappa shape index (κ2) is 8.33. The number of halogens is 1. The van der Waals surface area contributed by atoms with Gasteiger partial charge in [-0.3, -0.25) is 4.79 Å². The number of unbranched alkanes of at least 4 members (excludes halogenated alkanes) is 1. The molecule has 0 bridgehead atoms. The number of ether oxygens (including phenoxy) is 2. The maximum Gasteiger partial charge on any atom is 0.315 e. The highest BCUT2D eigenvalue weighted by Crippen LogP contribution is 2.54. The first-order valence-electron chi connectivity index (χ1n) is 10.5. The van der Waals surface area contributed by atoms with Gasteiger partial charge in [0.2, 0.25) is 0 Å². The van der Waals surface area contributed by atoms with Crippen LogP contribution in [-0.4, -0.2) is 28.6 Å². The summed E-state index contributed by atoms with van der Waals surface area (Å²) in [4.78, 5) is 12.7. The lowest BCUT2D eigenvalue weighted by Gasteiger charge is -2.47. The smallest absolute Gasteiger partial charge is 0.315 e. The van der Waals surface area contributed by atoms with Crippen LogP contribution in [0.1, 0.15) is 77.3 Å². The zero-order valence-electron chi connectivity index (χ0n) is 18.2. The number of benzene rings is 1. The van der Waals surface area contributed by atoms with Gasteiger partial charge in [0.1, 0.15) is 17.1 Å². The number of phenols is 1. The van der Waals surface area contributed by atoms with Crippen LogP contribution in [-0.2, 0) is 14.9 Å². The molecule has 0 saturated heterocycles. The Morgan fingerprint density at radius 3 is 2.76 bits per heavy atom. The van der Waals surface area contributed by atoms with Crippen LogP contribution in [0.2, 0.25) is 0 Å². The van der Waals surface area contributed by atoms with Gasteiger partial charge in [-0.05, 0) is 78.0 Å². The minimum Gasteiger partial charge on any atom is -0.508 e. The molecule has 2 aliphatic rings. The quantitative estimate of drug-likeness (QED) is 0.242. The van der Waals surface area contributed by atoms with Gasteiger partial charge < -0.3 is 14.6 Å². The third kappa shape index (κ3) is 4.35. The third-order valence-corrected chi connectivity index (χ3v) is 7.06. The first kappa shape index (κ1) is 22.2. The molecule has 5 heteroatoms. The van der Waals surface area contributed by atoms with Crippen molar-refractivity contribution in [2.24, 2.45) is 5.92 Å². The largest absolute Gasteiger partial charge is 0.508 e. The summed E-state index contributed by atoms with van der Waals surface area (Å²) < 4.78 is 11.9. The molecule has 1 aromatic carbocycles. The molecule has 2 atom stereocenters. The maximum absolute atomic E-state index is 12.7. The van der Waals surface area contributed by atoms with Crippen LogP contribution in [0.15, 0.2) is 23.8 Å². The van der Waals surface area contributed by atoms with Crippen molar-refractivity contribution in [1.82, 2.24) is 0 Å². The molecular formula is C24H33BrO4. The second-order valence-corrected chi connectivity index (χ2v) is 10.3. The van der Waals surface area contributed by atoms with Crippen molar-refractivity contribution in [3.05, 3.63) is 34.9 Å². The maximum atomic E-state index is 12.7. The molecule has 1 aliphatic carbocycles. The minimum atomic E-state index is -0.867. The number of esters is 1. The van der Waals surface area contributed by atoms with Crippen LogP contribution in [0.4, 0.5) is 0 Å². The highest BCUT2D eigenvalue weighted by molar-refractivity contribution is 9.09. The number of allylic oxidation sites excluding steroid dienone is 2. The summed E-state index contributed by atoms with van der Waals surface area (Å²) in [5.41, 5.74) is 1.75. The van der Waals surface area contributed by atoms with E-state index in [0.29, 0.717) is 18.3 Å². The van der Waals surface area contributed by atoms with Gasteiger partial charge in [0.25, 0.3) is 0 Å². The average Bonchev–Trinajstić information content (AvgIpc) is 2.63. The molecule has 4 nitrogen and oxygen atoms in total. The molecule has 1 aliphatic heterocycles. The van der Waals surface area contributed by atoms with Gasteiger partial charge in [0.15, 0.2) is 0 Å². The van der Waals surface area contributed by atoms with Gasteiger partial charge in [-0.15, -0.1) is 0 Å². The first-order valence-corrected chi connectivity index (χ1v) is 11.6. The van der Waals surface area contributed by atoms with E-state index in [2.05, 4.69) is 42.8 Å². The average molecular weight is 465 g/mol. The van der Waals surface area contributed by atoms with E-state index < -0.39 is 5.41 Å². The number of phenolic OH excluding ortho intramolecular Hbond substituents is 1. The molecule has 29 heavy (non-hydrogen) atoms. The number of hydrogen-bond acceptors (Lipinski definition) is 4. The van der Waals surface area contributed by atoms with E-state index in [1.165, 1.54) is 5.57 Å². The minimum absolute atomic E-state index is 0.220. The first-order chi connectivity index (χ1) is 13.6. The second-order valence-electron chi connectivity index (χ2n) is 9.47. The number of carbonyl (C=O) groups is 1. The molecule has 0 amide bonds. The van der Waals surface area contributed by atoms with E-state index in [0.717, 1.165) is 42.1 Å². The van der Waals surface area contributed by atoms with Gasteiger partial charge in [-0.25, -0.2) is 0 Å². The van der Waals surface area contributed by atoms with Gasteiger partial charge in [-0.2, -0.15) is 0 Å². The van der Waals surface area contributed by atoms with Crippen LogP contribution in [0, 0.1) is 5.92 Å². The van der Waals surface area contributed by atoms with Crippen LogP contribution in [0.25, 0.3) is 0 Å². The summed E-state index contributed by atoms with van der Waals surface area (Å²) in [5.74, 6) is 1.18. The Kier molecular flexibility index (Phi) is 6.38. The van der Waals surface area contributed by atoms with E-state index >= 15 is 0 Å². The van der Waals surface area contributed by atoms with Crippen molar-refractivity contribution in [2.45, 2.75) is 77.2 Å². The lowest BCUT2D eigenvalue weighted by molar-refractivity contribution is -0.149. The van der Waals surface area contributed by atoms with E-state index in [1.807, 2.05) is 19.9 Å². The predicted molar refractivity (Wildman–Crippen MR) is 119 cm³/mol. The summed E-state index contributed by atoms with van der Waals surface area (Å²) in [6.45, 7) is 10.5. The SMILES string of the molecule is CC1=CCC2[C@@H](C1)c1c(O)cc(C(C)(C)C(=O)OCCCCBr)cc1OC2(C)C. The number of alkyl halides is 1. The lowest BCUT2D eigenvalue weighted by Crippen LogP contribution is -2.45. The Hall–Kier alpha value is -1.49. The van der Waals surface area contributed by atoms with Crippen LogP contribution >= 0.6 is 15.9 Å². The lowest BCUT2D eigenvalue weighted by atomic mass is 9.67. The molecule has 0 radical (unpaired) electrons. The highest BCUT2D eigenvalue weighted by atomic mass is 79.9. The zero-order valence-corrected chi connectivity index (χ0v) is 19.8. The normalized spacial score (nSPS) is 22.8. The summed E-state index contributed by atoms with van der Waals surface area (Å²) in [6, 6.07) is 3.66. The summed E-state index contributed by atoms with van der Waals surface area (Å²) in [7, 11) is 0. The fourth-order valence-corrected chi connectivity index (χ4v) is 4.98. The van der Waals surface area contributed by atoms with Crippen molar-refractivity contribution in [3.63, 3.8) is 0 Å². The van der Waals surface area contributed by atoms with E-state index in [-0.39, 0.29) is 23.2 Å². The Bertz CT molecular complexity index is 809. The monoisotopic (exact) mass is 464 g/mol. The molecule has 1 N–H and O–H groups in total. The number of rotatable bonds is 6. The molecular weight excluding hydrogens is 432 g/mol. The zero-order chi connectivity index (χ0) is 21.4. The number of carbonyl (C=O) groups excluding carboxylic acids is 1. The molecule has 1 unspecified atom stereocenters. The van der Waals surface area contributed by atoms with Crippen LogP contribution in [0.5, 0.6) is 11.5 Å². The standard InChI is InChI=1S/C24H33BrO4/c1-15-8-9-18-17(12-15)21-19(26)13-16(14-20(21)29-24(18,4)5)23(2,3)22(27)28-11-7-6-10-25/h8,13-14,17-18,26H,6-7,9-12H2,1-5H3/t17-,18?/m1/s1. The number of hydrogen-bond donors (Lipinski definition) is 1. The topological polar surface area (TPSA) is 55.8 Å². The fraction of sp³-hybridized carbons (Fsp3) is 0.625. The van der Waals surface area contributed by atoms with Crippen molar-refractivity contribution in [2.75, 3.05) is 11.9 Å². The van der Waals surface area contributed by atoms with Crippen molar-refractivity contribution < 1.29 is 19.4 Å². The number of fused-ring (bicyclic) bond motifs is 3. The van der Waals surface area contributed by atoms with Crippen molar-refractivity contribution in [3.8, 4) is 11.5 Å². The highest BCUT2D eigenvalue weighted by Gasteiger charge is 2.46. The van der Waals surface area contributed by atoms with Crippen LogP contribution < -0.4 is 4.74 Å². The molecule has 3 rings (SSSR count). The molecule has 160 valence electrons. The van der Waals surface area contributed by atoms with Gasteiger partial charge in [0.05, 0.1) is 12.0 Å². The summed E-state index contributed by atoms with van der Waals surface area (Å²) in [6.07, 6.45) is 5.96. The van der Waals surface area contributed by atoms with Crippen molar-refractivity contribution >= 4 is 21.9 Å². The van der Waals surface area contributed by atoms with Crippen molar-refractivity contribution in [1.29, 1.82) is 0 Å². The predicted octanol–water partition coefficient (Wildman–Crippen LogP) is 6.00. The summed E-state index contributed by atoms with van der Waals surface area (Å²) >= 11 is 3.39. The fourth-order valence-electron chi connectivity index (χ4n) is 4.59. The van der Waals surface area contributed by atoms with Gasteiger partial charge >= 0.3 is 5.97 Å². The molecule has 0 aromatic heterocycles. The number of aromatic hydroxyl groups is 1. The third-order valence-electron chi connectivity index (χ3n) is 6.50. The Balaban J connectivity index is 1.92. The summed E-state index contributed by atoms with van der Waals surface area (Å²) in [5, 5.41) is 11.9. The van der Waals surface area contributed by atoms with E-state index in [1.54, 1.807) is 6.07 Å². The molecule has 1 aromatic rings. The molecule has 0 spiro atoms. The molecule has 0 saturated carbocycles.